The minimum absolute atomic E-state index is 0.173. The van der Waals surface area contributed by atoms with Crippen LogP contribution < -0.4 is 5.32 Å². The molecule has 1 aromatic heterocycles. The third-order valence-electron chi connectivity index (χ3n) is 2.95. The molecule has 0 unspecified atom stereocenters. The molecule has 0 saturated carbocycles. The van der Waals surface area contributed by atoms with E-state index >= 15 is 0 Å². The predicted molar refractivity (Wildman–Crippen MR) is 79.5 cm³/mol. The van der Waals surface area contributed by atoms with Gasteiger partial charge in [0.2, 0.25) is 0 Å². The fraction of sp³-hybridized carbons (Fsp3) is 0.200. The van der Waals surface area contributed by atoms with Crippen molar-refractivity contribution in [3.8, 4) is 0 Å². The van der Waals surface area contributed by atoms with Crippen LogP contribution in [0, 0.1) is 13.8 Å². The number of thiophene rings is 1. The van der Waals surface area contributed by atoms with Gasteiger partial charge in [-0.2, -0.15) is 0 Å². The van der Waals surface area contributed by atoms with Crippen molar-refractivity contribution in [2.45, 2.75) is 13.8 Å². The van der Waals surface area contributed by atoms with E-state index in [-0.39, 0.29) is 5.91 Å². The normalized spacial score (nSPS) is 10.2. The third-order valence-corrected chi connectivity index (χ3v) is 3.95. The van der Waals surface area contributed by atoms with Crippen molar-refractivity contribution in [2.24, 2.45) is 0 Å². The number of benzene rings is 1. The lowest BCUT2D eigenvalue weighted by molar-refractivity contribution is 0.0599. The zero-order valence-corrected chi connectivity index (χ0v) is 12.3. The van der Waals surface area contributed by atoms with Crippen molar-refractivity contribution in [3.05, 3.63) is 51.2 Å². The highest BCUT2D eigenvalue weighted by atomic mass is 32.1. The molecule has 4 nitrogen and oxygen atoms in total. The average Bonchev–Trinajstić information content (AvgIpc) is 2.87. The van der Waals surface area contributed by atoms with Crippen LogP contribution in [0.2, 0.25) is 0 Å². The van der Waals surface area contributed by atoms with Crippen molar-refractivity contribution in [1.29, 1.82) is 0 Å². The van der Waals surface area contributed by atoms with Crippen LogP contribution in [0.5, 0.6) is 0 Å². The monoisotopic (exact) mass is 289 g/mol. The molecule has 1 N–H and O–H groups in total. The van der Waals surface area contributed by atoms with E-state index in [4.69, 9.17) is 4.74 Å². The van der Waals surface area contributed by atoms with E-state index in [2.05, 4.69) is 5.32 Å². The van der Waals surface area contributed by atoms with Gasteiger partial charge in [-0.3, -0.25) is 4.79 Å². The first-order valence-electron chi connectivity index (χ1n) is 6.08. The van der Waals surface area contributed by atoms with E-state index in [0.29, 0.717) is 21.7 Å². The fourth-order valence-electron chi connectivity index (χ4n) is 1.84. The Balaban J connectivity index is 2.26. The number of hydrogen-bond acceptors (Lipinski definition) is 4. The van der Waals surface area contributed by atoms with Gasteiger partial charge in [0.1, 0.15) is 0 Å². The van der Waals surface area contributed by atoms with Gasteiger partial charge in [0.05, 0.1) is 17.6 Å². The van der Waals surface area contributed by atoms with Crippen molar-refractivity contribution in [1.82, 2.24) is 0 Å². The van der Waals surface area contributed by atoms with E-state index in [0.717, 1.165) is 4.88 Å². The minimum atomic E-state index is -0.412. The Kier molecular flexibility index (Phi) is 4.20. The van der Waals surface area contributed by atoms with Gasteiger partial charge >= 0.3 is 5.97 Å². The van der Waals surface area contributed by atoms with E-state index in [9.17, 15) is 9.59 Å². The summed E-state index contributed by atoms with van der Waals surface area (Å²) >= 11 is 1.43. The number of aryl methyl sites for hydroxylation is 1. The van der Waals surface area contributed by atoms with Gasteiger partial charge in [0, 0.05) is 10.6 Å². The molecular formula is C15H15NO3S. The highest BCUT2D eigenvalue weighted by Gasteiger charge is 2.14. The zero-order chi connectivity index (χ0) is 14.7. The molecule has 1 heterocycles. The molecule has 2 aromatic rings. The van der Waals surface area contributed by atoms with Gasteiger partial charge in [-0.1, -0.05) is 6.07 Å². The smallest absolute Gasteiger partial charge is 0.338 e. The molecule has 1 amide bonds. The average molecular weight is 289 g/mol. The van der Waals surface area contributed by atoms with E-state index in [1.807, 2.05) is 13.0 Å². The second-order valence-electron chi connectivity index (χ2n) is 4.33. The number of rotatable bonds is 3. The quantitative estimate of drug-likeness (QED) is 0.881. The molecule has 0 bridgehead atoms. The molecule has 1 aromatic carbocycles. The Labute approximate surface area is 121 Å². The molecule has 0 aliphatic rings. The third kappa shape index (κ3) is 2.88. The Morgan fingerprint density at radius 3 is 2.50 bits per heavy atom. The van der Waals surface area contributed by atoms with Crippen molar-refractivity contribution in [3.63, 3.8) is 0 Å². The molecule has 20 heavy (non-hydrogen) atoms. The maximum absolute atomic E-state index is 12.1. The highest BCUT2D eigenvalue weighted by molar-refractivity contribution is 7.14. The topological polar surface area (TPSA) is 55.4 Å². The summed E-state index contributed by atoms with van der Waals surface area (Å²) in [6.07, 6.45) is 0. The summed E-state index contributed by atoms with van der Waals surface area (Å²) in [5, 5.41) is 2.82. The number of carbonyl (C=O) groups is 2. The molecule has 0 atom stereocenters. The molecule has 2 rings (SSSR count). The molecular weight excluding hydrogens is 274 g/mol. The Morgan fingerprint density at radius 2 is 1.90 bits per heavy atom. The minimum Gasteiger partial charge on any atom is -0.465 e. The van der Waals surface area contributed by atoms with Crippen LogP contribution in [0.15, 0.2) is 30.3 Å². The molecule has 0 fully saturated rings. The van der Waals surface area contributed by atoms with Gasteiger partial charge in [-0.05, 0) is 43.7 Å². The number of hydrogen-bond donors (Lipinski definition) is 1. The SMILES string of the molecule is COC(=O)c1cccc(NC(=O)c2ccc(C)s2)c1C. The van der Waals surface area contributed by atoms with Gasteiger partial charge in [0.15, 0.2) is 0 Å². The Morgan fingerprint density at radius 1 is 1.15 bits per heavy atom. The summed E-state index contributed by atoms with van der Waals surface area (Å²) in [5.41, 5.74) is 1.76. The van der Waals surface area contributed by atoms with Crippen LogP contribution >= 0.6 is 11.3 Å². The lowest BCUT2D eigenvalue weighted by Crippen LogP contribution is -2.13. The summed E-state index contributed by atoms with van der Waals surface area (Å²) in [7, 11) is 1.33. The number of anilines is 1. The molecule has 104 valence electrons. The van der Waals surface area contributed by atoms with Gasteiger partial charge < -0.3 is 10.1 Å². The first kappa shape index (κ1) is 14.3. The second-order valence-corrected chi connectivity index (χ2v) is 5.62. The van der Waals surface area contributed by atoms with Crippen LogP contribution in [0.4, 0.5) is 5.69 Å². The van der Waals surface area contributed by atoms with Gasteiger partial charge in [-0.25, -0.2) is 4.79 Å². The number of methoxy groups -OCH3 is 1. The number of esters is 1. The number of ether oxygens (including phenoxy) is 1. The van der Waals surface area contributed by atoms with Crippen LogP contribution in [-0.4, -0.2) is 19.0 Å². The number of amides is 1. The summed E-state index contributed by atoms with van der Waals surface area (Å²) in [6.45, 7) is 3.73. The molecule has 0 spiro atoms. The molecule has 5 heteroatoms. The van der Waals surface area contributed by atoms with Crippen molar-refractivity contribution < 1.29 is 14.3 Å². The summed E-state index contributed by atoms with van der Waals surface area (Å²) in [4.78, 5) is 25.4. The van der Waals surface area contributed by atoms with Crippen LogP contribution in [0.1, 0.15) is 30.5 Å². The van der Waals surface area contributed by atoms with Crippen molar-refractivity contribution >= 4 is 28.9 Å². The summed E-state index contributed by atoms with van der Waals surface area (Å²) < 4.78 is 4.72. The summed E-state index contributed by atoms with van der Waals surface area (Å²) in [6, 6.07) is 8.84. The number of nitrogens with one attached hydrogen (secondary N) is 1. The first-order valence-corrected chi connectivity index (χ1v) is 6.90. The first-order chi connectivity index (χ1) is 9.52. The maximum Gasteiger partial charge on any atom is 0.338 e. The van der Waals surface area contributed by atoms with E-state index in [1.165, 1.54) is 18.4 Å². The van der Waals surface area contributed by atoms with Crippen LogP contribution in [0.3, 0.4) is 0 Å². The van der Waals surface area contributed by atoms with Crippen LogP contribution in [0.25, 0.3) is 0 Å². The predicted octanol–water partition coefficient (Wildman–Crippen LogP) is 3.40. The second kappa shape index (κ2) is 5.88. The molecule has 0 radical (unpaired) electrons. The standard InChI is InChI=1S/C15H15NO3S/c1-9-7-8-13(20-9)14(17)16-12-6-4-5-11(10(12)2)15(18)19-3/h4-8H,1-3H3,(H,16,17). The lowest BCUT2D eigenvalue weighted by Gasteiger charge is -2.10. The van der Waals surface area contributed by atoms with Gasteiger partial charge in [-0.15, -0.1) is 11.3 Å². The lowest BCUT2D eigenvalue weighted by atomic mass is 10.1. The van der Waals surface area contributed by atoms with Crippen LogP contribution in [-0.2, 0) is 4.74 Å². The molecule has 0 saturated heterocycles. The Hall–Kier alpha value is -2.14. The van der Waals surface area contributed by atoms with Gasteiger partial charge in [0.25, 0.3) is 5.91 Å². The summed E-state index contributed by atoms with van der Waals surface area (Å²) in [5.74, 6) is -0.584. The number of carbonyl (C=O) groups excluding carboxylic acids is 2. The Bertz CT molecular complexity index is 661. The van der Waals surface area contributed by atoms with E-state index in [1.54, 1.807) is 31.2 Å². The molecule has 0 aliphatic carbocycles. The largest absolute Gasteiger partial charge is 0.465 e. The fourth-order valence-corrected chi connectivity index (χ4v) is 2.61. The maximum atomic E-state index is 12.1. The zero-order valence-electron chi connectivity index (χ0n) is 11.5. The molecule has 0 aliphatic heterocycles. The van der Waals surface area contributed by atoms with Crippen molar-refractivity contribution in [2.75, 3.05) is 12.4 Å². The van der Waals surface area contributed by atoms with E-state index < -0.39 is 5.97 Å². The highest BCUT2D eigenvalue weighted by Crippen LogP contribution is 2.22.